The van der Waals surface area contributed by atoms with Gasteiger partial charge >= 0.3 is 0 Å². The Hall–Kier alpha value is -0.706. The number of rotatable bonds is 6. The molecule has 0 aromatic carbocycles. The highest BCUT2D eigenvalue weighted by Crippen LogP contribution is 2.19. The Bertz CT molecular complexity index is 348. The van der Waals surface area contributed by atoms with Gasteiger partial charge in [-0.15, -0.1) is 11.1 Å². The molecular weight excluding hydrogens is 272 g/mol. The molecule has 0 amide bonds. The lowest BCUT2D eigenvalue weighted by Crippen LogP contribution is -2.29. The van der Waals surface area contributed by atoms with Gasteiger partial charge in [-0.2, -0.15) is 0 Å². The highest BCUT2D eigenvalue weighted by Gasteiger charge is 2.24. The number of hydrogen-bond donors (Lipinski definition) is 0. The van der Waals surface area contributed by atoms with Crippen LogP contribution < -0.4 is 0 Å². The predicted molar refractivity (Wildman–Crippen MR) is 99.1 cm³/mol. The van der Waals surface area contributed by atoms with Crippen LogP contribution in [-0.2, 0) is 0 Å². The summed E-state index contributed by atoms with van der Waals surface area (Å²) in [5.41, 5.74) is 7.14. The minimum absolute atomic E-state index is 1.27. The topological polar surface area (TPSA) is 0 Å². The molecule has 0 nitrogen and oxygen atoms in total. The highest BCUT2D eigenvalue weighted by molar-refractivity contribution is 6.87. The number of allylic oxidation sites excluding steroid dienone is 2. The first-order valence-corrected chi connectivity index (χ1v) is 13.5. The van der Waals surface area contributed by atoms with Crippen molar-refractivity contribution in [3.05, 3.63) is 12.2 Å². The Labute approximate surface area is 129 Å². The lowest BCUT2D eigenvalue weighted by Gasteiger charge is -2.19. The van der Waals surface area contributed by atoms with Crippen molar-refractivity contribution in [2.75, 3.05) is 0 Å². The van der Waals surface area contributed by atoms with Crippen molar-refractivity contribution in [2.24, 2.45) is 0 Å². The quantitative estimate of drug-likeness (QED) is 0.440. The Morgan fingerprint density at radius 3 is 1.00 bits per heavy atom. The van der Waals surface area contributed by atoms with Crippen molar-refractivity contribution < 1.29 is 0 Å². The van der Waals surface area contributed by atoms with Crippen LogP contribution in [0.25, 0.3) is 0 Å². The molecule has 0 fully saturated rings. The second kappa shape index (κ2) is 10.1. The summed E-state index contributed by atoms with van der Waals surface area (Å²) < 4.78 is 0. The Morgan fingerprint density at radius 1 is 0.550 bits per heavy atom. The molecule has 0 saturated carbocycles. The van der Waals surface area contributed by atoms with E-state index in [4.69, 9.17) is 0 Å². The van der Waals surface area contributed by atoms with Crippen LogP contribution in [0.2, 0.25) is 36.3 Å². The van der Waals surface area contributed by atoms with Crippen molar-refractivity contribution in [3.8, 4) is 22.9 Å². The largest absolute Gasteiger partial charge is 0.138 e. The van der Waals surface area contributed by atoms with Gasteiger partial charge < -0.3 is 0 Å². The van der Waals surface area contributed by atoms with Crippen molar-refractivity contribution in [1.29, 1.82) is 0 Å². The van der Waals surface area contributed by atoms with Crippen molar-refractivity contribution in [2.45, 2.75) is 77.8 Å². The van der Waals surface area contributed by atoms with Crippen molar-refractivity contribution in [3.63, 3.8) is 0 Å². The fraction of sp³-hybridized carbons (Fsp3) is 0.667. The molecule has 0 aliphatic carbocycles. The zero-order valence-corrected chi connectivity index (χ0v) is 16.4. The van der Waals surface area contributed by atoms with Gasteiger partial charge in [0.25, 0.3) is 0 Å². The van der Waals surface area contributed by atoms with E-state index in [0.29, 0.717) is 0 Å². The van der Waals surface area contributed by atoms with Crippen LogP contribution in [0.15, 0.2) is 12.2 Å². The molecule has 0 aromatic heterocycles. The predicted octanol–water partition coefficient (Wildman–Crippen LogP) is 5.64. The molecule has 0 saturated heterocycles. The molecule has 0 spiro atoms. The third-order valence-electron chi connectivity index (χ3n) is 4.99. The first kappa shape index (κ1) is 19.3. The van der Waals surface area contributed by atoms with Gasteiger partial charge in [-0.25, -0.2) is 0 Å². The van der Waals surface area contributed by atoms with E-state index in [1.54, 1.807) is 0 Å². The van der Waals surface area contributed by atoms with E-state index in [2.05, 4.69) is 64.5 Å². The Morgan fingerprint density at radius 2 is 0.800 bits per heavy atom. The molecule has 0 atom stereocenters. The van der Waals surface area contributed by atoms with Crippen LogP contribution >= 0.6 is 0 Å². The summed E-state index contributed by atoms with van der Waals surface area (Å²) in [4.78, 5) is 0. The summed E-state index contributed by atoms with van der Waals surface area (Å²) in [5.74, 6) is 6.53. The molecule has 112 valence electrons. The van der Waals surface area contributed by atoms with E-state index in [9.17, 15) is 0 Å². The second-order valence-electron chi connectivity index (χ2n) is 5.55. The monoisotopic (exact) mass is 304 g/mol. The minimum atomic E-state index is -1.29. The molecule has 20 heavy (non-hydrogen) atoms. The Balaban J connectivity index is 4.79. The first-order chi connectivity index (χ1) is 9.57. The lowest BCUT2D eigenvalue weighted by atomic mass is 10.5. The van der Waals surface area contributed by atoms with Crippen LogP contribution in [0.5, 0.6) is 0 Å². The van der Waals surface area contributed by atoms with Crippen LogP contribution in [0.1, 0.15) is 41.5 Å². The van der Waals surface area contributed by atoms with Crippen LogP contribution in [0.4, 0.5) is 0 Å². The molecule has 0 aliphatic heterocycles. The van der Waals surface area contributed by atoms with E-state index in [-0.39, 0.29) is 0 Å². The molecule has 0 heterocycles. The summed E-state index contributed by atoms with van der Waals surface area (Å²) in [7, 11) is -2.57. The van der Waals surface area contributed by atoms with Gasteiger partial charge in [-0.1, -0.05) is 53.4 Å². The maximum absolute atomic E-state index is 3.57. The minimum Gasteiger partial charge on any atom is -0.126 e. The zero-order valence-electron chi connectivity index (χ0n) is 14.4. The fourth-order valence-corrected chi connectivity index (χ4v) is 7.34. The molecule has 0 rings (SSSR count). The van der Waals surface area contributed by atoms with Gasteiger partial charge in [0, 0.05) is 0 Å². The summed E-state index contributed by atoms with van der Waals surface area (Å²) >= 11 is 0. The van der Waals surface area contributed by atoms with Crippen molar-refractivity contribution >= 4 is 16.1 Å². The third-order valence-corrected chi connectivity index (χ3v) is 14.5. The average molecular weight is 305 g/mol. The summed E-state index contributed by atoms with van der Waals surface area (Å²) in [6.07, 6.45) is 3.94. The normalized spacial score (nSPS) is 11.7. The molecular formula is C18H32Si2. The zero-order chi connectivity index (χ0) is 15.5. The summed E-state index contributed by atoms with van der Waals surface area (Å²) in [6, 6.07) is 7.61. The van der Waals surface area contributed by atoms with E-state index in [1.807, 2.05) is 12.2 Å². The van der Waals surface area contributed by atoms with E-state index < -0.39 is 16.1 Å². The molecule has 0 N–H and O–H groups in total. The average Bonchev–Trinajstić information content (AvgIpc) is 2.52. The van der Waals surface area contributed by atoms with Crippen LogP contribution in [0.3, 0.4) is 0 Å². The molecule has 0 bridgehead atoms. The maximum atomic E-state index is 3.57. The third kappa shape index (κ3) is 5.74. The molecule has 2 heteroatoms. The summed E-state index contributed by atoms with van der Waals surface area (Å²) in [6.45, 7) is 13.8. The smallest absolute Gasteiger partial charge is 0.126 e. The second-order valence-corrected chi connectivity index (χ2v) is 15.4. The van der Waals surface area contributed by atoms with Gasteiger partial charge in [0.1, 0.15) is 16.1 Å². The summed E-state index contributed by atoms with van der Waals surface area (Å²) in [5, 5.41) is 0. The van der Waals surface area contributed by atoms with Crippen LogP contribution in [-0.4, -0.2) is 16.1 Å². The van der Waals surface area contributed by atoms with Gasteiger partial charge in [-0.3, -0.25) is 0 Å². The molecule has 0 aliphatic rings. The van der Waals surface area contributed by atoms with Gasteiger partial charge in [0.2, 0.25) is 0 Å². The van der Waals surface area contributed by atoms with Gasteiger partial charge in [0.15, 0.2) is 0 Å². The molecule has 0 aromatic rings. The fourth-order valence-electron chi connectivity index (χ4n) is 2.50. The first-order valence-electron chi connectivity index (χ1n) is 8.27. The SMILES string of the molecule is CC[Si](C#C/C=C\C#C[Si](CC)(CC)CC)(CC)CC. The van der Waals surface area contributed by atoms with E-state index in [0.717, 1.165) is 0 Å². The standard InChI is InChI=1S/C18H32Si2/c1-7-19(8-2,9-3)17-15-13-14-16-18-20(10-4,11-5)12-6/h13-14H,7-12H2,1-6H3/b14-13-. The lowest BCUT2D eigenvalue weighted by molar-refractivity contribution is 1.20. The number of hydrogen-bond acceptors (Lipinski definition) is 0. The van der Waals surface area contributed by atoms with E-state index in [1.165, 1.54) is 36.3 Å². The molecule has 0 radical (unpaired) electrons. The van der Waals surface area contributed by atoms with Gasteiger partial charge in [-0.05, 0) is 48.4 Å². The molecule has 0 unspecified atom stereocenters. The van der Waals surface area contributed by atoms with Gasteiger partial charge in [0.05, 0.1) is 0 Å². The maximum Gasteiger partial charge on any atom is 0.138 e. The highest BCUT2D eigenvalue weighted by atomic mass is 28.3. The van der Waals surface area contributed by atoms with E-state index >= 15 is 0 Å². The Kier molecular flexibility index (Phi) is 9.73. The van der Waals surface area contributed by atoms with Crippen molar-refractivity contribution in [1.82, 2.24) is 0 Å². The van der Waals surface area contributed by atoms with Crippen LogP contribution in [0, 0.1) is 22.9 Å².